The maximum Gasteiger partial charge on any atom is 0.178 e. The van der Waals surface area contributed by atoms with Gasteiger partial charge in [-0.3, -0.25) is 5.10 Å². The summed E-state index contributed by atoms with van der Waals surface area (Å²) in [4.78, 5) is 4.91. The number of aromatic nitrogens is 2. The lowest BCUT2D eigenvalue weighted by Gasteiger charge is -2.17. The molecule has 2 N–H and O–H groups in total. The maximum atomic E-state index is 6.51. The molecule has 0 saturated carbocycles. The van der Waals surface area contributed by atoms with Crippen molar-refractivity contribution in [2.24, 2.45) is 4.99 Å². The third-order valence-electron chi connectivity index (χ3n) is 4.62. The maximum absolute atomic E-state index is 6.51. The van der Waals surface area contributed by atoms with Gasteiger partial charge in [0.15, 0.2) is 17.3 Å². The van der Waals surface area contributed by atoms with Crippen molar-refractivity contribution >= 4 is 34.5 Å². The fourth-order valence-electron chi connectivity index (χ4n) is 3.17. The zero-order chi connectivity index (χ0) is 20.4. The summed E-state index contributed by atoms with van der Waals surface area (Å²) >= 11 is 6.51. The summed E-state index contributed by atoms with van der Waals surface area (Å²) in [5.74, 6) is 1.84. The van der Waals surface area contributed by atoms with Crippen LogP contribution >= 0.6 is 11.6 Å². The number of aromatic amines is 1. The van der Waals surface area contributed by atoms with E-state index in [-0.39, 0.29) is 0 Å². The highest BCUT2D eigenvalue weighted by Gasteiger charge is 2.24. The van der Waals surface area contributed by atoms with Crippen molar-refractivity contribution in [2.45, 2.75) is 6.92 Å². The van der Waals surface area contributed by atoms with Crippen LogP contribution in [0.15, 0.2) is 41.4 Å². The predicted molar refractivity (Wildman–Crippen MR) is 114 cm³/mol. The zero-order valence-corrected chi connectivity index (χ0v) is 17.1. The van der Waals surface area contributed by atoms with E-state index in [4.69, 9.17) is 30.8 Å². The Labute approximate surface area is 173 Å². The molecule has 1 aromatic heterocycles. The van der Waals surface area contributed by atoms with E-state index in [1.807, 2.05) is 43.3 Å². The molecule has 0 radical (unpaired) electrons. The number of hydrogen-bond donors (Lipinski definition) is 2. The number of methoxy groups -OCH3 is 2. The van der Waals surface area contributed by atoms with Crippen molar-refractivity contribution in [3.63, 3.8) is 0 Å². The Balaban J connectivity index is 1.91. The molecule has 0 saturated heterocycles. The standard InChI is InChI=1S/C21H21ClN4O3/c1-12-19-21(26-25-12)23-16-11-18(29-9-8-27-2)17(28-3)10-14(16)20(24-19)13-6-4-5-7-15(13)22/h4-7,10-11H,8-9H2,1-3H3,(H2,23,25,26). The molecule has 150 valence electrons. The first-order valence-corrected chi connectivity index (χ1v) is 9.50. The molecule has 2 aromatic carbocycles. The smallest absolute Gasteiger partial charge is 0.178 e. The Kier molecular flexibility index (Phi) is 5.42. The minimum Gasteiger partial charge on any atom is -0.493 e. The van der Waals surface area contributed by atoms with Gasteiger partial charge in [0, 0.05) is 29.3 Å². The van der Waals surface area contributed by atoms with Gasteiger partial charge in [-0.2, -0.15) is 5.10 Å². The van der Waals surface area contributed by atoms with Crippen LogP contribution in [0.2, 0.25) is 5.02 Å². The molecular formula is C21H21ClN4O3. The fourth-order valence-corrected chi connectivity index (χ4v) is 3.40. The van der Waals surface area contributed by atoms with E-state index in [9.17, 15) is 0 Å². The van der Waals surface area contributed by atoms with Gasteiger partial charge < -0.3 is 19.5 Å². The van der Waals surface area contributed by atoms with Crippen LogP contribution < -0.4 is 14.8 Å². The summed E-state index contributed by atoms with van der Waals surface area (Å²) in [6.07, 6.45) is 0. The highest BCUT2D eigenvalue weighted by Crippen LogP contribution is 2.41. The number of nitrogens with one attached hydrogen (secondary N) is 2. The zero-order valence-electron chi connectivity index (χ0n) is 16.4. The van der Waals surface area contributed by atoms with E-state index in [1.54, 1.807) is 14.2 Å². The van der Waals surface area contributed by atoms with Gasteiger partial charge in [-0.15, -0.1) is 0 Å². The molecule has 0 aliphatic carbocycles. The molecule has 2 heterocycles. The predicted octanol–water partition coefficient (Wildman–Crippen LogP) is 4.63. The Morgan fingerprint density at radius 1 is 1.03 bits per heavy atom. The molecule has 0 amide bonds. The normalized spacial score (nSPS) is 12.3. The third-order valence-corrected chi connectivity index (χ3v) is 4.95. The second kappa shape index (κ2) is 8.14. The largest absolute Gasteiger partial charge is 0.493 e. The number of ether oxygens (including phenoxy) is 3. The molecule has 1 aliphatic rings. The Morgan fingerprint density at radius 2 is 1.86 bits per heavy atom. The average molecular weight is 413 g/mol. The lowest BCUT2D eigenvalue weighted by Crippen LogP contribution is -2.09. The van der Waals surface area contributed by atoms with Crippen LogP contribution in [0.5, 0.6) is 11.5 Å². The molecule has 29 heavy (non-hydrogen) atoms. The van der Waals surface area contributed by atoms with Crippen molar-refractivity contribution in [3.8, 4) is 11.5 Å². The summed E-state index contributed by atoms with van der Waals surface area (Å²) in [5, 5.41) is 11.3. The van der Waals surface area contributed by atoms with Crippen LogP contribution in [-0.4, -0.2) is 43.3 Å². The van der Waals surface area contributed by atoms with Gasteiger partial charge in [0.25, 0.3) is 0 Å². The summed E-state index contributed by atoms with van der Waals surface area (Å²) in [5.41, 5.74) is 4.77. The van der Waals surface area contributed by atoms with Crippen LogP contribution in [0.3, 0.4) is 0 Å². The molecule has 0 unspecified atom stereocenters. The highest BCUT2D eigenvalue weighted by atomic mass is 35.5. The number of H-pyrrole nitrogens is 1. The van der Waals surface area contributed by atoms with E-state index in [2.05, 4.69) is 15.5 Å². The molecular weight excluding hydrogens is 392 g/mol. The van der Waals surface area contributed by atoms with Crippen LogP contribution in [0.25, 0.3) is 0 Å². The van der Waals surface area contributed by atoms with Gasteiger partial charge in [0.1, 0.15) is 12.3 Å². The SMILES string of the molecule is COCCOc1cc2c(cc1OC)C(c1ccccc1Cl)=Nc1c(n[nH]c1C)N2. The summed E-state index contributed by atoms with van der Waals surface area (Å²) in [6, 6.07) is 11.4. The molecule has 0 bridgehead atoms. The minimum absolute atomic E-state index is 0.407. The number of aryl methyl sites for hydroxylation is 1. The van der Waals surface area contributed by atoms with Crippen LogP contribution in [0.1, 0.15) is 16.8 Å². The highest BCUT2D eigenvalue weighted by molar-refractivity contribution is 6.36. The van der Waals surface area contributed by atoms with Gasteiger partial charge in [-0.05, 0) is 19.1 Å². The van der Waals surface area contributed by atoms with Crippen LogP contribution in [0.4, 0.5) is 17.2 Å². The van der Waals surface area contributed by atoms with Gasteiger partial charge in [-0.1, -0.05) is 29.8 Å². The molecule has 7 nitrogen and oxygen atoms in total. The molecule has 0 fully saturated rings. The lowest BCUT2D eigenvalue weighted by atomic mass is 9.99. The van der Waals surface area contributed by atoms with Crippen molar-refractivity contribution < 1.29 is 14.2 Å². The number of halogens is 1. The van der Waals surface area contributed by atoms with Crippen molar-refractivity contribution in [1.29, 1.82) is 0 Å². The number of fused-ring (bicyclic) bond motifs is 2. The minimum atomic E-state index is 0.407. The van der Waals surface area contributed by atoms with Crippen molar-refractivity contribution in [3.05, 3.63) is 58.2 Å². The van der Waals surface area contributed by atoms with E-state index in [0.717, 1.165) is 33.9 Å². The van der Waals surface area contributed by atoms with Crippen LogP contribution in [0, 0.1) is 6.92 Å². The second-order valence-corrected chi connectivity index (χ2v) is 6.91. The third kappa shape index (κ3) is 3.66. The van der Waals surface area contributed by atoms with Crippen molar-refractivity contribution in [1.82, 2.24) is 10.2 Å². The summed E-state index contributed by atoms with van der Waals surface area (Å²) in [7, 11) is 3.24. The fraction of sp³-hybridized carbons (Fsp3) is 0.238. The number of nitrogens with zero attached hydrogens (tertiary/aromatic N) is 2. The molecule has 0 spiro atoms. The van der Waals surface area contributed by atoms with Gasteiger partial charge >= 0.3 is 0 Å². The van der Waals surface area contributed by atoms with Gasteiger partial charge in [0.05, 0.1) is 30.8 Å². The monoisotopic (exact) mass is 412 g/mol. The number of anilines is 2. The Morgan fingerprint density at radius 3 is 2.62 bits per heavy atom. The molecule has 0 atom stereocenters. The lowest BCUT2D eigenvalue weighted by molar-refractivity contribution is 0.144. The van der Waals surface area contributed by atoms with E-state index in [0.29, 0.717) is 35.6 Å². The topological polar surface area (TPSA) is 80.8 Å². The average Bonchev–Trinajstić information content (AvgIpc) is 2.98. The first kappa shape index (κ1) is 19.3. The van der Waals surface area contributed by atoms with E-state index in [1.165, 1.54) is 0 Å². The summed E-state index contributed by atoms with van der Waals surface area (Å²) in [6.45, 7) is 2.81. The first-order valence-electron chi connectivity index (χ1n) is 9.12. The molecule has 3 aromatic rings. The number of benzene rings is 2. The summed E-state index contributed by atoms with van der Waals surface area (Å²) < 4.78 is 16.5. The first-order chi connectivity index (χ1) is 14.1. The number of hydrogen-bond acceptors (Lipinski definition) is 6. The molecule has 1 aliphatic heterocycles. The molecule has 8 heteroatoms. The quantitative estimate of drug-likeness (QED) is 0.451. The van der Waals surface area contributed by atoms with E-state index >= 15 is 0 Å². The second-order valence-electron chi connectivity index (χ2n) is 6.50. The van der Waals surface area contributed by atoms with E-state index < -0.39 is 0 Å². The Hall–Kier alpha value is -3.03. The van der Waals surface area contributed by atoms with Crippen molar-refractivity contribution in [2.75, 3.05) is 32.8 Å². The number of rotatable bonds is 6. The van der Waals surface area contributed by atoms with Gasteiger partial charge in [-0.25, -0.2) is 4.99 Å². The van der Waals surface area contributed by atoms with Gasteiger partial charge in [0.2, 0.25) is 0 Å². The number of aliphatic imine (C=N–C) groups is 1. The molecule has 4 rings (SSSR count). The van der Waals surface area contributed by atoms with Crippen LogP contribution in [-0.2, 0) is 4.74 Å². The Bertz CT molecular complexity index is 1080.